The lowest BCUT2D eigenvalue weighted by atomic mass is 10.1. The average Bonchev–Trinajstić information content (AvgIpc) is 2.93. The molecule has 1 aliphatic heterocycles. The van der Waals surface area contributed by atoms with Gasteiger partial charge in [-0.15, -0.1) is 0 Å². The van der Waals surface area contributed by atoms with E-state index in [4.69, 9.17) is 9.47 Å². The molecule has 27 heavy (non-hydrogen) atoms. The molecule has 0 saturated heterocycles. The number of hydrogen-bond acceptors (Lipinski definition) is 4. The normalized spacial score (nSPS) is 16.4. The predicted octanol–water partition coefficient (Wildman–Crippen LogP) is 1.99. The van der Waals surface area contributed by atoms with Crippen LogP contribution in [0, 0.1) is 0 Å². The number of nitrogens with zero attached hydrogens (tertiary/aromatic N) is 1. The fraction of sp³-hybridized carbons (Fsp3) is 0.600. The van der Waals surface area contributed by atoms with Crippen LogP contribution in [0.25, 0.3) is 0 Å². The molecule has 0 radical (unpaired) electrons. The number of nitrogens with one attached hydrogen (secondary N) is 3. The standard InChI is InChI=1S/C20H32N4O3/c1-7-21-19(23-12-18(25)24-20(3,4)5)22-11-15-10-17-14(8-13(2)27-17)9-16(15)26-6/h9-10,13H,7-8,11-12H2,1-6H3,(H,24,25)(H2,21,22,23). The molecular formula is C20H32N4O3. The van der Waals surface area contributed by atoms with Crippen molar-refractivity contribution in [1.29, 1.82) is 0 Å². The third kappa shape index (κ3) is 6.34. The van der Waals surface area contributed by atoms with Crippen molar-refractivity contribution < 1.29 is 14.3 Å². The Hall–Kier alpha value is -2.44. The van der Waals surface area contributed by atoms with Gasteiger partial charge in [-0.2, -0.15) is 0 Å². The van der Waals surface area contributed by atoms with Gasteiger partial charge in [0.1, 0.15) is 17.6 Å². The van der Waals surface area contributed by atoms with Gasteiger partial charge in [0.2, 0.25) is 5.91 Å². The molecule has 0 aromatic heterocycles. The highest BCUT2D eigenvalue weighted by molar-refractivity contribution is 5.86. The van der Waals surface area contributed by atoms with Crippen LogP contribution in [0.2, 0.25) is 0 Å². The number of rotatable bonds is 6. The van der Waals surface area contributed by atoms with Crippen molar-refractivity contribution >= 4 is 11.9 Å². The molecule has 0 fully saturated rings. The van der Waals surface area contributed by atoms with Crippen LogP contribution in [0.5, 0.6) is 11.5 Å². The van der Waals surface area contributed by atoms with Crippen LogP contribution in [0.1, 0.15) is 45.7 Å². The molecule has 150 valence electrons. The number of ether oxygens (including phenoxy) is 2. The first-order chi connectivity index (χ1) is 12.7. The number of amides is 1. The van der Waals surface area contributed by atoms with Gasteiger partial charge in [-0.25, -0.2) is 4.99 Å². The summed E-state index contributed by atoms with van der Waals surface area (Å²) in [5.41, 5.74) is 1.85. The van der Waals surface area contributed by atoms with Gasteiger partial charge in [0.05, 0.1) is 20.2 Å². The molecule has 1 aliphatic rings. The van der Waals surface area contributed by atoms with Gasteiger partial charge in [-0.3, -0.25) is 4.79 Å². The molecule has 3 N–H and O–H groups in total. The third-order valence-corrected chi connectivity index (χ3v) is 3.98. The van der Waals surface area contributed by atoms with Gasteiger partial charge in [-0.1, -0.05) is 0 Å². The summed E-state index contributed by atoms with van der Waals surface area (Å²) in [6.45, 7) is 11.2. The zero-order valence-corrected chi connectivity index (χ0v) is 17.2. The quantitative estimate of drug-likeness (QED) is 0.522. The Balaban J connectivity index is 2.06. The maximum absolute atomic E-state index is 12.0. The van der Waals surface area contributed by atoms with E-state index < -0.39 is 0 Å². The molecule has 1 unspecified atom stereocenters. The molecule has 1 amide bonds. The molecule has 2 rings (SSSR count). The molecule has 7 heteroatoms. The van der Waals surface area contributed by atoms with Crippen molar-refractivity contribution in [2.24, 2.45) is 4.99 Å². The summed E-state index contributed by atoms with van der Waals surface area (Å²) in [5, 5.41) is 9.14. The first-order valence-corrected chi connectivity index (χ1v) is 9.41. The minimum absolute atomic E-state index is 0.0781. The van der Waals surface area contributed by atoms with Crippen molar-refractivity contribution in [3.05, 3.63) is 23.3 Å². The first kappa shape index (κ1) is 20.9. The van der Waals surface area contributed by atoms with Crippen molar-refractivity contribution in [1.82, 2.24) is 16.0 Å². The monoisotopic (exact) mass is 376 g/mol. The Morgan fingerprint density at radius 1 is 1.33 bits per heavy atom. The Bertz CT molecular complexity index is 695. The van der Waals surface area contributed by atoms with Crippen molar-refractivity contribution in [3.63, 3.8) is 0 Å². The topological polar surface area (TPSA) is 84.0 Å². The molecule has 1 atom stereocenters. The van der Waals surface area contributed by atoms with Crippen molar-refractivity contribution in [3.8, 4) is 11.5 Å². The predicted molar refractivity (Wildman–Crippen MR) is 108 cm³/mol. The van der Waals surface area contributed by atoms with E-state index in [1.165, 1.54) is 0 Å². The summed E-state index contributed by atoms with van der Waals surface area (Å²) in [5.74, 6) is 2.21. The van der Waals surface area contributed by atoms with Crippen LogP contribution in [0.15, 0.2) is 17.1 Å². The average molecular weight is 377 g/mol. The van der Waals surface area contributed by atoms with Crippen molar-refractivity contribution in [2.45, 2.75) is 59.2 Å². The number of guanidine groups is 1. The van der Waals surface area contributed by atoms with Gasteiger partial charge >= 0.3 is 0 Å². The SMILES string of the molecule is CCNC(=NCc1cc2c(cc1OC)CC(C)O2)NCC(=O)NC(C)(C)C. The van der Waals surface area contributed by atoms with E-state index >= 15 is 0 Å². The lowest BCUT2D eigenvalue weighted by molar-refractivity contribution is -0.121. The zero-order valence-electron chi connectivity index (χ0n) is 17.2. The second kappa shape index (κ2) is 8.97. The zero-order chi connectivity index (χ0) is 20.0. The van der Waals surface area contributed by atoms with Crippen LogP contribution in [0.4, 0.5) is 0 Å². The number of fused-ring (bicyclic) bond motifs is 1. The minimum Gasteiger partial charge on any atom is -0.496 e. The highest BCUT2D eigenvalue weighted by atomic mass is 16.5. The van der Waals surface area contributed by atoms with Crippen LogP contribution >= 0.6 is 0 Å². The largest absolute Gasteiger partial charge is 0.496 e. The second-order valence-electron chi connectivity index (χ2n) is 7.75. The first-order valence-electron chi connectivity index (χ1n) is 9.41. The fourth-order valence-electron chi connectivity index (χ4n) is 2.93. The number of carbonyl (C=O) groups is 1. The third-order valence-electron chi connectivity index (χ3n) is 3.98. The van der Waals surface area contributed by atoms with E-state index in [1.807, 2.05) is 39.8 Å². The molecule has 1 aromatic carbocycles. The Labute approximate surface area is 161 Å². The number of methoxy groups -OCH3 is 1. The van der Waals surface area contributed by atoms with E-state index in [0.29, 0.717) is 19.0 Å². The van der Waals surface area contributed by atoms with E-state index in [0.717, 1.165) is 29.0 Å². The van der Waals surface area contributed by atoms with Gasteiger partial charge in [0, 0.05) is 29.6 Å². The Morgan fingerprint density at radius 2 is 2.07 bits per heavy atom. The van der Waals surface area contributed by atoms with Gasteiger partial charge < -0.3 is 25.4 Å². The molecule has 0 saturated carbocycles. The summed E-state index contributed by atoms with van der Waals surface area (Å²) in [4.78, 5) is 16.6. The van der Waals surface area contributed by atoms with Gasteiger partial charge in [0.15, 0.2) is 5.96 Å². The van der Waals surface area contributed by atoms with Gasteiger partial charge in [0.25, 0.3) is 0 Å². The Kier molecular flexibility index (Phi) is 6.93. The number of carbonyl (C=O) groups excluding carboxylic acids is 1. The molecule has 7 nitrogen and oxygen atoms in total. The maximum atomic E-state index is 12.0. The summed E-state index contributed by atoms with van der Waals surface area (Å²) < 4.78 is 11.4. The van der Waals surface area contributed by atoms with E-state index in [2.05, 4.69) is 27.9 Å². The van der Waals surface area contributed by atoms with Crippen LogP contribution < -0.4 is 25.4 Å². The minimum atomic E-state index is -0.261. The van der Waals surface area contributed by atoms with E-state index in [1.54, 1.807) is 7.11 Å². The molecule has 0 bridgehead atoms. The second-order valence-corrected chi connectivity index (χ2v) is 7.75. The number of aliphatic imine (C=N–C) groups is 1. The lowest BCUT2D eigenvalue weighted by Crippen LogP contribution is -2.48. The van der Waals surface area contributed by atoms with Crippen LogP contribution in [-0.4, -0.2) is 43.7 Å². The molecule has 1 heterocycles. The fourth-order valence-corrected chi connectivity index (χ4v) is 2.93. The molecule has 0 spiro atoms. The molecule has 1 aromatic rings. The number of benzene rings is 1. The van der Waals surface area contributed by atoms with E-state index in [-0.39, 0.29) is 24.1 Å². The Morgan fingerprint density at radius 3 is 2.70 bits per heavy atom. The van der Waals surface area contributed by atoms with Gasteiger partial charge in [-0.05, 0) is 46.8 Å². The summed E-state index contributed by atoms with van der Waals surface area (Å²) in [6, 6.07) is 4.03. The highest BCUT2D eigenvalue weighted by Gasteiger charge is 2.21. The van der Waals surface area contributed by atoms with E-state index in [9.17, 15) is 4.79 Å². The highest BCUT2D eigenvalue weighted by Crippen LogP contribution is 2.35. The van der Waals surface area contributed by atoms with Crippen LogP contribution in [-0.2, 0) is 17.8 Å². The lowest BCUT2D eigenvalue weighted by Gasteiger charge is -2.21. The smallest absolute Gasteiger partial charge is 0.239 e. The summed E-state index contributed by atoms with van der Waals surface area (Å²) in [6.07, 6.45) is 1.08. The summed E-state index contributed by atoms with van der Waals surface area (Å²) in [7, 11) is 1.66. The molecular weight excluding hydrogens is 344 g/mol. The molecule has 0 aliphatic carbocycles. The van der Waals surface area contributed by atoms with Crippen molar-refractivity contribution in [2.75, 3.05) is 20.2 Å². The number of hydrogen-bond donors (Lipinski definition) is 3. The van der Waals surface area contributed by atoms with Crippen LogP contribution in [0.3, 0.4) is 0 Å². The maximum Gasteiger partial charge on any atom is 0.239 e. The summed E-state index contributed by atoms with van der Waals surface area (Å²) >= 11 is 0.